The molecular formula is C8H12N2O. The zero-order valence-corrected chi connectivity index (χ0v) is 7.03. The van der Waals surface area contributed by atoms with Gasteiger partial charge in [-0.25, -0.2) is 4.98 Å². The van der Waals surface area contributed by atoms with Crippen LogP contribution in [0.5, 0.6) is 0 Å². The van der Waals surface area contributed by atoms with Crippen LogP contribution in [0.15, 0.2) is 6.33 Å². The molecule has 0 saturated carbocycles. The zero-order valence-electron chi connectivity index (χ0n) is 7.03. The molecule has 0 fully saturated rings. The number of nitrogens with zero attached hydrogens (tertiary/aromatic N) is 2. The van der Waals surface area contributed by atoms with E-state index in [1.54, 1.807) is 10.9 Å². The first-order valence-corrected chi connectivity index (χ1v) is 3.63. The van der Waals surface area contributed by atoms with Gasteiger partial charge in [-0.3, -0.25) is 4.79 Å². The summed E-state index contributed by atoms with van der Waals surface area (Å²) in [5, 5.41) is 0. The lowest BCUT2D eigenvalue weighted by Gasteiger charge is -2.00. The molecule has 1 rings (SSSR count). The lowest BCUT2D eigenvalue weighted by molar-refractivity contribution is 0.111. The summed E-state index contributed by atoms with van der Waals surface area (Å²) >= 11 is 0. The average molecular weight is 152 g/mol. The second kappa shape index (κ2) is 2.86. The summed E-state index contributed by atoms with van der Waals surface area (Å²) in [5.74, 6) is 0.316. The highest BCUT2D eigenvalue weighted by molar-refractivity contribution is 5.74. The van der Waals surface area contributed by atoms with Crippen LogP contribution in [0.3, 0.4) is 0 Å². The smallest absolute Gasteiger partial charge is 0.168 e. The van der Waals surface area contributed by atoms with Gasteiger partial charge in [0.25, 0.3) is 0 Å². The van der Waals surface area contributed by atoms with Crippen LogP contribution in [0, 0.1) is 0 Å². The van der Waals surface area contributed by atoms with Gasteiger partial charge < -0.3 is 4.57 Å². The Morgan fingerprint density at radius 3 is 2.64 bits per heavy atom. The summed E-state index contributed by atoms with van der Waals surface area (Å²) in [6.45, 7) is 4.05. The lowest BCUT2D eigenvalue weighted by Crippen LogP contribution is -1.98. The van der Waals surface area contributed by atoms with Crippen LogP contribution in [-0.2, 0) is 7.05 Å². The van der Waals surface area contributed by atoms with E-state index in [0.717, 1.165) is 12.0 Å². The van der Waals surface area contributed by atoms with Crippen LogP contribution >= 0.6 is 0 Å². The number of hydrogen-bond donors (Lipinski definition) is 0. The fourth-order valence-electron chi connectivity index (χ4n) is 1.05. The monoisotopic (exact) mass is 152 g/mol. The predicted molar refractivity (Wildman–Crippen MR) is 42.7 cm³/mol. The van der Waals surface area contributed by atoms with Gasteiger partial charge in [-0.1, -0.05) is 13.8 Å². The molecule has 3 nitrogen and oxygen atoms in total. The summed E-state index contributed by atoms with van der Waals surface area (Å²) in [4.78, 5) is 14.7. The van der Waals surface area contributed by atoms with Crippen molar-refractivity contribution in [1.29, 1.82) is 0 Å². The van der Waals surface area contributed by atoms with Crippen molar-refractivity contribution >= 4 is 6.29 Å². The molecule has 0 aromatic carbocycles. The number of hydrogen-bond acceptors (Lipinski definition) is 2. The van der Waals surface area contributed by atoms with Gasteiger partial charge in [0.15, 0.2) is 6.29 Å². The van der Waals surface area contributed by atoms with Gasteiger partial charge in [0.2, 0.25) is 0 Å². The Kier molecular flexibility index (Phi) is 2.08. The van der Waals surface area contributed by atoms with Crippen molar-refractivity contribution < 1.29 is 4.79 Å². The fourth-order valence-corrected chi connectivity index (χ4v) is 1.05. The van der Waals surface area contributed by atoms with Crippen LogP contribution in [0.4, 0.5) is 0 Å². The largest absolute Gasteiger partial charge is 0.331 e. The van der Waals surface area contributed by atoms with E-state index in [9.17, 15) is 4.79 Å². The van der Waals surface area contributed by atoms with E-state index in [1.165, 1.54) is 0 Å². The topological polar surface area (TPSA) is 34.9 Å². The van der Waals surface area contributed by atoms with Crippen molar-refractivity contribution in [3.8, 4) is 0 Å². The molecule has 11 heavy (non-hydrogen) atoms. The first kappa shape index (κ1) is 7.98. The molecule has 0 unspecified atom stereocenters. The van der Waals surface area contributed by atoms with Crippen molar-refractivity contribution in [3.05, 3.63) is 17.7 Å². The quantitative estimate of drug-likeness (QED) is 0.600. The first-order valence-electron chi connectivity index (χ1n) is 3.63. The van der Waals surface area contributed by atoms with E-state index in [2.05, 4.69) is 4.98 Å². The maximum absolute atomic E-state index is 10.6. The number of carbonyl (C=O) groups is 1. The molecule has 1 heterocycles. The van der Waals surface area contributed by atoms with Gasteiger partial charge in [-0.05, 0) is 5.92 Å². The average Bonchev–Trinajstić information content (AvgIpc) is 2.30. The Bertz CT molecular complexity index is 263. The van der Waals surface area contributed by atoms with E-state index >= 15 is 0 Å². The minimum atomic E-state index is 0.316. The number of aldehydes is 1. The number of carbonyl (C=O) groups excluding carboxylic acids is 1. The van der Waals surface area contributed by atoms with Gasteiger partial charge >= 0.3 is 0 Å². The molecule has 0 radical (unpaired) electrons. The number of aryl methyl sites for hydroxylation is 1. The van der Waals surface area contributed by atoms with Crippen LogP contribution in [0.1, 0.15) is 35.9 Å². The standard InChI is InChI=1S/C8H12N2O/c1-6(2)8-7(4-11)10(3)5-9-8/h4-6H,1-3H3. The first-order chi connectivity index (χ1) is 5.16. The summed E-state index contributed by atoms with van der Waals surface area (Å²) < 4.78 is 1.74. The molecule has 0 amide bonds. The molecule has 0 aliphatic carbocycles. The highest BCUT2D eigenvalue weighted by atomic mass is 16.1. The maximum Gasteiger partial charge on any atom is 0.168 e. The second-order valence-corrected chi connectivity index (χ2v) is 2.90. The zero-order chi connectivity index (χ0) is 8.43. The Morgan fingerprint density at radius 1 is 1.64 bits per heavy atom. The number of aromatic nitrogens is 2. The number of rotatable bonds is 2. The summed E-state index contributed by atoms with van der Waals surface area (Å²) in [5.41, 5.74) is 1.56. The summed E-state index contributed by atoms with van der Waals surface area (Å²) in [7, 11) is 1.82. The van der Waals surface area contributed by atoms with Gasteiger partial charge in [-0.2, -0.15) is 0 Å². The van der Waals surface area contributed by atoms with Crippen molar-refractivity contribution in [3.63, 3.8) is 0 Å². The lowest BCUT2D eigenvalue weighted by atomic mass is 10.1. The molecule has 0 saturated heterocycles. The van der Waals surface area contributed by atoms with Crippen molar-refractivity contribution in [2.75, 3.05) is 0 Å². The van der Waals surface area contributed by atoms with E-state index in [0.29, 0.717) is 11.6 Å². The molecule has 60 valence electrons. The molecule has 0 N–H and O–H groups in total. The molecule has 1 aromatic heterocycles. The van der Waals surface area contributed by atoms with Crippen LogP contribution in [0.2, 0.25) is 0 Å². The molecule has 0 spiro atoms. The molecule has 0 bridgehead atoms. The Hall–Kier alpha value is -1.12. The minimum absolute atomic E-state index is 0.316. The van der Waals surface area contributed by atoms with Gasteiger partial charge in [0.05, 0.1) is 12.0 Å². The SMILES string of the molecule is CC(C)c1ncn(C)c1C=O. The molecule has 0 atom stereocenters. The van der Waals surface area contributed by atoms with Crippen molar-refractivity contribution in [2.24, 2.45) is 7.05 Å². The van der Waals surface area contributed by atoms with Gasteiger partial charge in [0, 0.05) is 7.05 Å². The highest BCUT2D eigenvalue weighted by Crippen LogP contribution is 2.14. The third kappa shape index (κ3) is 1.31. The molecule has 0 aliphatic rings. The van der Waals surface area contributed by atoms with E-state index < -0.39 is 0 Å². The van der Waals surface area contributed by atoms with E-state index in [4.69, 9.17) is 0 Å². The normalized spacial score (nSPS) is 10.5. The molecule has 3 heteroatoms. The number of imidazole rings is 1. The van der Waals surface area contributed by atoms with E-state index in [1.807, 2.05) is 20.9 Å². The van der Waals surface area contributed by atoms with Gasteiger partial charge in [-0.15, -0.1) is 0 Å². The van der Waals surface area contributed by atoms with E-state index in [-0.39, 0.29) is 0 Å². The van der Waals surface area contributed by atoms with Crippen molar-refractivity contribution in [2.45, 2.75) is 19.8 Å². The summed E-state index contributed by atoms with van der Waals surface area (Å²) in [6.07, 6.45) is 2.52. The second-order valence-electron chi connectivity index (χ2n) is 2.90. The molecule has 1 aromatic rings. The maximum atomic E-state index is 10.6. The molecular weight excluding hydrogens is 140 g/mol. The van der Waals surface area contributed by atoms with Crippen molar-refractivity contribution in [1.82, 2.24) is 9.55 Å². The Morgan fingerprint density at radius 2 is 2.27 bits per heavy atom. The minimum Gasteiger partial charge on any atom is -0.331 e. The Balaban J connectivity index is 3.15. The third-order valence-corrected chi connectivity index (χ3v) is 1.67. The third-order valence-electron chi connectivity index (χ3n) is 1.67. The molecule has 0 aliphatic heterocycles. The fraction of sp³-hybridized carbons (Fsp3) is 0.500. The van der Waals surface area contributed by atoms with Gasteiger partial charge in [0.1, 0.15) is 5.69 Å². The highest BCUT2D eigenvalue weighted by Gasteiger charge is 2.10. The van der Waals surface area contributed by atoms with Crippen LogP contribution in [-0.4, -0.2) is 15.8 Å². The van der Waals surface area contributed by atoms with Crippen LogP contribution < -0.4 is 0 Å². The predicted octanol–water partition coefficient (Wildman–Crippen LogP) is 1.36. The summed E-state index contributed by atoms with van der Waals surface area (Å²) in [6, 6.07) is 0. The Labute approximate surface area is 66.1 Å². The van der Waals surface area contributed by atoms with Crippen LogP contribution in [0.25, 0.3) is 0 Å².